The van der Waals surface area contributed by atoms with Gasteiger partial charge in [-0.3, -0.25) is 0 Å². The van der Waals surface area contributed by atoms with E-state index in [1.165, 1.54) is 19.3 Å². The van der Waals surface area contributed by atoms with Crippen molar-refractivity contribution in [3.8, 4) is 0 Å². The van der Waals surface area contributed by atoms with Crippen LogP contribution in [0.15, 0.2) is 0 Å². The zero-order valence-corrected chi connectivity index (χ0v) is 12.6. The molecule has 0 radical (unpaired) electrons. The molecule has 4 aliphatic carbocycles. The van der Waals surface area contributed by atoms with E-state index in [4.69, 9.17) is 0 Å². The van der Waals surface area contributed by atoms with Gasteiger partial charge >= 0.3 is 0 Å². The summed E-state index contributed by atoms with van der Waals surface area (Å²) in [6.07, 6.45) is 4.35. The van der Waals surface area contributed by atoms with E-state index in [1.54, 1.807) is 0 Å². The van der Waals surface area contributed by atoms with Crippen LogP contribution in [0.25, 0.3) is 0 Å². The lowest BCUT2D eigenvalue weighted by atomic mass is 9.42. The summed E-state index contributed by atoms with van der Waals surface area (Å²) in [4.78, 5) is 0. The van der Waals surface area contributed by atoms with E-state index in [0.29, 0.717) is 10.8 Å². The molecule has 8 atom stereocenters. The van der Waals surface area contributed by atoms with Crippen LogP contribution in [0, 0.1) is 46.3 Å². The first-order valence-electron chi connectivity index (χ1n) is 7.93. The Hall–Kier alpha value is 0. The summed E-state index contributed by atoms with van der Waals surface area (Å²) in [6.45, 7) is 15.3. The highest BCUT2D eigenvalue weighted by atomic mass is 14.8. The van der Waals surface area contributed by atoms with Crippen LogP contribution in [-0.4, -0.2) is 0 Å². The summed E-state index contributed by atoms with van der Waals surface area (Å²) in [7, 11) is 0. The van der Waals surface area contributed by atoms with Gasteiger partial charge in [0.2, 0.25) is 0 Å². The van der Waals surface area contributed by atoms with Crippen LogP contribution in [0.5, 0.6) is 0 Å². The first-order chi connectivity index (χ1) is 7.93. The van der Waals surface area contributed by atoms with Gasteiger partial charge in [-0.25, -0.2) is 0 Å². The zero-order chi connectivity index (χ0) is 12.6. The van der Waals surface area contributed by atoms with Gasteiger partial charge in [0.25, 0.3) is 0 Å². The molecule has 0 heteroatoms. The molecule has 17 heavy (non-hydrogen) atoms. The van der Waals surface area contributed by atoms with Crippen LogP contribution in [-0.2, 0) is 0 Å². The van der Waals surface area contributed by atoms with Crippen molar-refractivity contribution in [1.82, 2.24) is 0 Å². The van der Waals surface area contributed by atoms with Crippen molar-refractivity contribution >= 4 is 0 Å². The van der Waals surface area contributed by atoms with Gasteiger partial charge in [0, 0.05) is 0 Å². The second kappa shape index (κ2) is 3.31. The Labute approximate surface area is 108 Å². The number of fused-ring (bicyclic) bond motifs is 1. The van der Waals surface area contributed by atoms with Crippen molar-refractivity contribution in [2.45, 2.75) is 60.8 Å². The second-order valence-electron chi connectivity index (χ2n) is 7.82. The molecule has 0 spiro atoms. The van der Waals surface area contributed by atoms with E-state index in [2.05, 4.69) is 41.5 Å². The topological polar surface area (TPSA) is 0 Å². The van der Waals surface area contributed by atoms with Crippen molar-refractivity contribution in [2.24, 2.45) is 46.3 Å². The van der Waals surface area contributed by atoms with Crippen molar-refractivity contribution in [2.75, 3.05) is 0 Å². The molecule has 4 aliphatic rings. The minimum absolute atomic E-state index is 0.640. The third kappa shape index (κ3) is 1.00. The third-order valence-electron chi connectivity index (χ3n) is 8.15. The molecule has 0 aromatic heterocycles. The fourth-order valence-electron chi connectivity index (χ4n) is 7.45. The minimum Gasteiger partial charge on any atom is -0.0651 e. The van der Waals surface area contributed by atoms with Gasteiger partial charge in [-0.1, -0.05) is 54.4 Å². The predicted octanol–water partition coefficient (Wildman–Crippen LogP) is 4.99. The van der Waals surface area contributed by atoms with Crippen LogP contribution < -0.4 is 0 Å². The molecule has 0 aliphatic heterocycles. The van der Waals surface area contributed by atoms with Crippen molar-refractivity contribution in [1.29, 1.82) is 0 Å². The van der Waals surface area contributed by atoms with Crippen LogP contribution in [0.1, 0.15) is 60.8 Å². The molecule has 0 heterocycles. The van der Waals surface area contributed by atoms with E-state index in [-0.39, 0.29) is 0 Å². The lowest BCUT2D eigenvalue weighted by Gasteiger charge is -2.62. The molecular formula is C17H30. The fourth-order valence-corrected chi connectivity index (χ4v) is 7.45. The van der Waals surface area contributed by atoms with Gasteiger partial charge in [0.15, 0.2) is 0 Å². The van der Waals surface area contributed by atoms with Gasteiger partial charge in [0.05, 0.1) is 0 Å². The Kier molecular flexibility index (Phi) is 2.34. The van der Waals surface area contributed by atoms with Gasteiger partial charge in [-0.15, -0.1) is 0 Å². The first kappa shape index (κ1) is 12.1. The smallest absolute Gasteiger partial charge is 0.0210 e. The summed E-state index contributed by atoms with van der Waals surface area (Å²) in [5.41, 5.74) is 1.28. The molecule has 0 N–H and O–H groups in total. The number of rotatable bonds is 2. The summed E-state index contributed by atoms with van der Waals surface area (Å²) in [6, 6.07) is 0. The normalized spacial score (nSPS) is 64.6. The van der Waals surface area contributed by atoms with Gasteiger partial charge in [0.1, 0.15) is 0 Å². The minimum atomic E-state index is 0.640. The molecule has 0 amide bonds. The Morgan fingerprint density at radius 1 is 1.00 bits per heavy atom. The molecule has 4 rings (SSSR count). The maximum Gasteiger partial charge on any atom is -0.0210 e. The van der Waals surface area contributed by atoms with Crippen LogP contribution in [0.2, 0.25) is 0 Å². The highest BCUT2D eigenvalue weighted by Gasteiger charge is 2.75. The Balaban J connectivity index is 2.14. The lowest BCUT2D eigenvalue weighted by Crippen LogP contribution is -2.57. The maximum atomic E-state index is 2.65. The number of hydrogen-bond acceptors (Lipinski definition) is 0. The third-order valence-corrected chi connectivity index (χ3v) is 8.15. The molecule has 0 nitrogen and oxygen atoms in total. The van der Waals surface area contributed by atoms with Gasteiger partial charge < -0.3 is 0 Å². The zero-order valence-electron chi connectivity index (χ0n) is 12.6. The second-order valence-corrected chi connectivity index (χ2v) is 7.82. The van der Waals surface area contributed by atoms with E-state index in [1.807, 2.05) is 0 Å². The maximum absolute atomic E-state index is 2.65. The Morgan fingerprint density at radius 3 is 2.12 bits per heavy atom. The first-order valence-corrected chi connectivity index (χ1v) is 7.93. The van der Waals surface area contributed by atoms with Crippen molar-refractivity contribution in [3.63, 3.8) is 0 Å². The molecule has 98 valence electrons. The van der Waals surface area contributed by atoms with Crippen LogP contribution in [0.3, 0.4) is 0 Å². The Morgan fingerprint density at radius 2 is 1.59 bits per heavy atom. The Bertz CT molecular complexity index is 333. The molecule has 0 aromatic rings. The quantitative estimate of drug-likeness (QED) is 0.631. The fraction of sp³-hybridized carbons (Fsp3) is 1.00. The van der Waals surface area contributed by atoms with E-state index < -0.39 is 0 Å². The van der Waals surface area contributed by atoms with E-state index in [0.717, 1.165) is 35.5 Å². The molecule has 8 unspecified atom stereocenters. The molecule has 4 saturated carbocycles. The number of hydrogen-bond donors (Lipinski definition) is 0. The van der Waals surface area contributed by atoms with E-state index >= 15 is 0 Å². The highest BCUT2D eigenvalue weighted by molar-refractivity contribution is 5.22. The molecule has 0 saturated heterocycles. The average molecular weight is 234 g/mol. The summed E-state index contributed by atoms with van der Waals surface area (Å²) < 4.78 is 0. The highest BCUT2D eigenvalue weighted by Crippen LogP contribution is 2.80. The van der Waals surface area contributed by atoms with Crippen molar-refractivity contribution in [3.05, 3.63) is 0 Å². The monoisotopic (exact) mass is 234 g/mol. The van der Waals surface area contributed by atoms with E-state index in [9.17, 15) is 0 Å². The lowest BCUT2D eigenvalue weighted by molar-refractivity contribution is -0.145. The molecule has 4 bridgehead atoms. The molecule has 0 aromatic carbocycles. The molecule has 4 fully saturated rings. The average Bonchev–Trinajstić information content (AvgIpc) is 2.60. The standard InChI is InChI=1S/C17H30/c1-7-13-10(3)15-12-9-16(13,5)17(6,11(12)4)14(15)8-2/h10-15H,7-9H2,1-6H3. The summed E-state index contributed by atoms with van der Waals surface area (Å²) in [5, 5.41) is 0. The molecular weight excluding hydrogens is 204 g/mol. The van der Waals surface area contributed by atoms with Crippen molar-refractivity contribution < 1.29 is 0 Å². The SMILES string of the molecule is CCC1C(C)C2C3CC1(C)C(C)(C3C)C2CC. The van der Waals surface area contributed by atoms with Crippen LogP contribution >= 0.6 is 0 Å². The van der Waals surface area contributed by atoms with Gasteiger partial charge in [-0.2, -0.15) is 0 Å². The van der Waals surface area contributed by atoms with Crippen LogP contribution in [0.4, 0.5) is 0 Å². The largest absolute Gasteiger partial charge is 0.0651 e. The van der Waals surface area contributed by atoms with Gasteiger partial charge in [-0.05, 0) is 52.8 Å². The summed E-state index contributed by atoms with van der Waals surface area (Å²) >= 11 is 0. The predicted molar refractivity (Wildman–Crippen MR) is 73.7 cm³/mol. The summed E-state index contributed by atoms with van der Waals surface area (Å²) in [5.74, 6) is 6.05.